The van der Waals surface area contributed by atoms with Crippen molar-refractivity contribution in [3.05, 3.63) is 47.3 Å². The molecule has 5 heteroatoms. The number of aldehydes is 1. The number of carbonyl (C=O) groups excluding carboxylic acids is 1. The molecule has 0 spiro atoms. The first kappa shape index (κ1) is 14.8. The maximum absolute atomic E-state index is 11.1. The van der Waals surface area contributed by atoms with Crippen LogP contribution in [0.4, 0.5) is 0 Å². The topological polar surface area (TPSA) is 57.6 Å². The van der Waals surface area contributed by atoms with Crippen LogP contribution in [0.15, 0.2) is 30.3 Å². The molecule has 5 nitrogen and oxygen atoms in total. The summed E-state index contributed by atoms with van der Waals surface area (Å²) in [6, 6.07) is 8.72. The Morgan fingerprint density at radius 2 is 1.86 bits per heavy atom. The second-order valence-electron chi connectivity index (χ2n) is 4.45. The molecule has 0 bridgehead atoms. The third-order valence-corrected chi connectivity index (χ3v) is 2.94. The van der Waals surface area contributed by atoms with E-state index in [0.29, 0.717) is 17.1 Å². The lowest BCUT2D eigenvalue weighted by Crippen LogP contribution is -2.02. The largest absolute Gasteiger partial charge is 0.497 e. The van der Waals surface area contributed by atoms with Crippen LogP contribution in [0, 0.1) is 6.92 Å². The van der Waals surface area contributed by atoms with E-state index in [2.05, 4.69) is 4.98 Å². The maximum atomic E-state index is 11.1. The lowest BCUT2D eigenvalue weighted by atomic mass is 10.2. The van der Waals surface area contributed by atoms with Crippen molar-refractivity contribution in [1.29, 1.82) is 0 Å². The van der Waals surface area contributed by atoms with Crippen LogP contribution < -0.4 is 14.2 Å². The third-order valence-electron chi connectivity index (χ3n) is 2.94. The van der Waals surface area contributed by atoms with Crippen LogP contribution in [0.2, 0.25) is 0 Å². The Hall–Kier alpha value is -2.56. The van der Waals surface area contributed by atoms with Gasteiger partial charge in [0.1, 0.15) is 23.9 Å². The Morgan fingerprint density at radius 1 is 1.10 bits per heavy atom. The van der Waals surface area contributed by atoms with E-state index in [1.807, 2.05) is 13.0 Å². The summed E-state index contributed by atoms with van der Waals surface area (Å²) >= 11 is 0. The molecule has 2 rings (SSSR count). The zero-order valence-electron chi connectivity index (χ0n) is 12.3. The molecule has 0 saturated carbocycles. The van der Waals surface area contributed by atoms with Gasteiger partial charge in [-0.15, -0.1) is 0 Å². The third kappa shape index (κ3) is 3.72. The molecule has 21 heavy (non-hydrogen) atoms. The van der Waals surface area contributed by atoms with E-state index in [0.717, 1.165) is 23.4 Å². The minimum Gasteiger partial charge on any atom is -0.497 e. The maximum Gasteiger partial charge on any atom is 0.153 e. The number of hydrogen-bond donors (Lipinski definition) is 0. The fourth-order valence-electron chi connectivity index (χ4n) is 1.92. The zero-order chi connectivity index (χ0) is 15.2. The van der Waals surface area contributed by atoms with Crippen molar-refractivity contribution in [1.82, 2.24) is 4.98 Å². The molecule has 1 aromatic carbocycles. The van der Waals surface area contributed by atoms with E-state index < -0.39 is 0 Å². The first-order chi connectivity index (χ1) is 10.2. The molecule has 1 heterocycles. The van der Waals surface area contributed by atoms with E-state index >= 15 is 0 Å². The molecule has 0 aliphatic heterocycles. The number of aryl methyl sites for hydroxylation is 1. The van der Waals surface area contributed by atoms with Gasteiger partial charge in [0.25, 0.3) is 0 Å². The Labute approximate surface area is 123 Å². The number of hydrogen-bond acceptors (Lipinski definition) is 5. The number of pyridine rings is 1. The smallest absolute Gasteiger partial charge is 0.153 e. The molecular formula is C16H17NO4. The van der Waals surface area contributed by atoms with Crippen LogP contribution in [0.5, 0.6) is 17.2 Å². The lowest BCUT2D eigenvalue weighted by Gasteiger charge is -2.10. The minimum atomic E-state index is 0.255. The summed E-state index contributed by atoms with van der Waals surface area (Å²) < 4.78 is 15.9. The van der Waals surface area contributed by atoms with Crippen LogP contribution in [-0.2, 0) is 6.61 Å². The lowest BCUT2D eigenvalue weighted by molar-refractivity contribution is 0.111. The molecule has 0 radical (unpaired) electrons. The van der Waals surface area contributed by atoms with Gasteiger partial charge in [0.2, 0.25) is 0 Å². The van der Waals surface area contributed by atoms with Crippen molar-refractivity contribution < 1.29 is 19.0 Å². The number of nitrogens with zero attached hydrogens (tertiary/aromatic N) is 1. The molecule has 0 amide bonds. The number of aromatic nitrogens is 1. The fourth-order valence-corrected chi connectivity index (χ4v) is 1.92. The van der Waals surface area contributed by atoms with Gasteiger partial charge in [-0.2, -0.15) is 0 Å². The van der Waals surface area contributed by atoms with Crippen LogP contribution in [0.3, 0.4) is 0 Å². The molecule has 0 N–H and O–H groups in total. The Morgan fingerprint density at radius 3 is 2.52 bits per heavy atom. The van der Waals surface area contributed by atoms with Gasteiger partial charge in [0.05, 0.1) is 25.5 Å². The monoisotopic (exact) mass is 287 g/mol. The summed E-state index contributed by atoms with van der Waals surface area (Å²) in [5.74, 6) is 1.83. The van der Waals surface area contributed by atoms with Gasteiger partial charge in [-0.3, -0.25) is 9.78 Å². The normalized spacial score (nSPS) is 10.0. The number of carbonyl (C=O) groups is 1. The van der Waals surface area contributed by atoms with Crippen LogP contribution in [-0.4, -0.2) is 25.5 Å². The molecule has 0 atom stereocenters. The summed E-state index contributed by atoms with van der Waals surface area (Å²) in [7, 11) is 3.15. The number of ether oxygens (including phenoxy) is 3. The molecule has 0 saturated heterocycles. The van der Waals surface area contributed by atoms with Gasteiger partial charge in [-0.25, -0.2) is 0 Å². The number of methoxy groups -OCH3 is 2. The van der Waals surface area contributed by atoms with Gasteiger partial charge in [0, 0.05) is 17.8 Å². The second kappa shape index (κ2) is 6.74. The molecule has 0 aliphatic rings. The van der Waals surface area contributed by atoms with Gasteiger partial charge in [0.15, 0.2) is 6.29 Å². The number of rotatable bonds is 6. The highest BCUT2D eigenvalue weighted by Gasteiger charge is 2.07. The Bertz CT molecular complexity index is 640. The van der Waals surface area contributed by atoms with Gasteiger partial charge >= 0.3 is 0 Å². The van der Waals surface area contributed by atoms with Gasteiger partial charge in [-0.05, 0) is 25.1 Å². The standard InChI is InChI=1S/C16H17NO4/c1-11-6-15(20-3)8-13(17-11)10-21-16-5-4-14(19-2)7-12(16)9-18/h4-9H,10H2,1-3H3. The van der Waals surface area contributed by atoms with Crippen molar-refractivity contribution >= 4 is 6.29 Å². The molecule has 0 fully saturated rings. The van der Waals surface area contributed by atoms with E-state index in [-0.39, 0.29) is 6.61 Å². The van der Waals surface area contributed by atoms with Crippen molar-refractivity contribution in [2.24, 2.45) is 0 Å². The van der Waals surface area contributed by atoms with Gasteiger partial charge < -0.3 is 14.2 Å². The second-order valence-corrected chi connectivity index (χ2v) is 4.45. The highest BCUT2D eigenvalue weighted by Crippen LogP contribution is 2.24. The summed E-state index contributed by atoms with van der Waals surface area (Å²) in [5, 5.41) is 0. The van der Waals surface area contributed by atoms with E-state index in [9.17, 15) is 4.79 Å². The van der Waals surface area contributed by atoms with E-state index in [1.165, 1.54) is 0 Å². The first-order valence-corrected chi connectivity index (χ1v) is 6.44. The highest BCUT2D eigenvalue weighted by molar-refractivity contribution is 5.80. The minimum absolute atomic E-state index is 0.255. The number of benzene rings is 1. The van der Waals surface area contributed by atoms with Crippen LogP contribution >= 0.6 is 0 Å². The quantitative estimate of drug-likeness (QED) is 0.765. The molecule has 110 valence electrons. The highest BCUT2D eigenvalue weighted by atomic mass is 16.5. The van der Waals surface area contributed by atoms with Crippen molar-refractivity contribution in [3.63, 3.8) is 0 Å². The molecule has 0 unspecified atom stereocenters. The Balaban J connectivity index is 2.16. The van der Waals surface area contributed by atoms with Crippen molar-refractivity contribution in [2.75, 3.05) is 14.2 Å². The summed E-state index contributed by atoms with van der Waals surface area (Å²) in [6.07, 6.45) is 0.738. The molecular weight excluding hydrogens is 270 g/mol. The van der Waals surface area contributed by atoms with Crippen LogP contribution in [0.1, 0.15) is 21.7 Å². The van der Waals surface area contributed by atoms with E-state index in [1.54, 1.807) is 38.5 Å². The summed E-state index contributed by atoms with van der Waals surface area (Å²) in [4.78, 5) is 15.5. The predicted molar refractivity (Wildman–Crippen MR) is 78.2 cm³/mol. The summed E-state index contributed by atoms with van der Waals surface area (Å²) in [5.41, 5.74) is 2.02. The zero-order valence-corrected chi connectivity index (χ0v) is 12.3. The van der Waals surface area contributed by atoms with Crippen molar-refractivity contribution in [3.8, 4) is 17.2 Å². The SMILES string of the molecule is COc1cc(C)nc(COc2ccc(OC)cc2C=O)c1. The molecule has 0 aliphatic carbocycles. The Kier molecular flexibility index (Phi) is 4.77. The average Bonchev–Trinajstić information content (AvgIpc) is 2.52. The molecule has 1 aromatic heterocycles. The average molecular weight is 287 g/mol. The fraction of sp³-hybridized carbons (Fsp3) is 0.250. The van der Waals surface area contributed by atoms with Crippen LogP contribution in [0.25, 0.3) is 0 Å². The van der Waals surface area contributed by atoms with E-state index in [4.69, 9.17) is 14.2 Å². The first-order valence-electron chi connectivity index (χ1n) is 6.44. The summed E-state index contributed by atoms with van der Waals surface area (Å²) in [6.45, 7) is 2.14. The molecule has 2 aromatic rings. The van der Waals surface area contributed by atoms with Gasteiger partial charge in [-0.1, -0.05) is 0 Å². The van der Waals surface area contributed by atoms with Crippen molar-refractivity contribution in [2.45, 2.75) is 13.5 Å². The predicted octanol–water partition coefficient (Wildman–Crippen LogP) is 2.80.